The SMILES string of the molecule is CC(CN)(Cc1ccc(Cl)cc1)N1CCCC1. The zero-order chi connectivity index (χ0) is 12.3. The second-order valence-corrected chi connectivity index (χ2v) is 5.63. The van der Waals surface area contributed by atoms with Gasteiger partial charge in [-0.1, -0.05) is 23.7 Å². The Balaban J connectivity index is 2.10. The summed E-state index contributed by atoms with van der Waals surface area (Å²) in [5.74, 6) is 0. The number of halogens is 1. The van der Waals surface area contributed by atoms with Crippen LogP contribution in [0.25, 0.3) is 0 Å². The van der Waals surface area contributed by atoms with E-state index in [1.807, 2.05) is 12.1 Å². The first-order valence-electron chi connectivity index (χ1n) is 6.34. The summed E-state index contributed by atoms with van der Waals surface area (Å²) in [4.78, 5) is 2.53. The molecule has 1 fully saturated rings. The normalized spacial score (nSPS) is 20.4. The Labute approximate surface area is 109 Å². The molecule has 0 aliphatic carbocycles. The largest absolute Gasteiger partial charge is 0.329 e. The maximum atomic E-state index is 6.00. The first-order chi connectivity index (χ1) is 8.14. The monoisotopic (exact) mass is 252 g/mol. The molecule has 0 saturated carbocycles. The molecule has 1 saturated heterocycles. The van der Waals surface area contributed by atoms with E-state index in [0.717, 1.165) is 11.4 Å². The van der Waals surface area contributed by atoms with E-state index >= 15 is 0 Å². The van der Waals surface area contributed by atoms with Crippen molar-refractivity contribution in [1.29, 1.82) is 0 Å². The van der Waals surface area contributed by atoms with Crippen LogP contribution in [0.1, 0.15) is 25.3 Å². The Bertz CT molecular complexity index is 357. The molecule has 1 atom stereocenters. The molecule has 2 N–H and O–H groups in total. The van der Waals surface area contributed by atoms with E-state index in [9.17, 15) is 0 Å². The average Bonchev–Trinajstić information content (AvgIpc) is 2.86. The number of hydrogen-bond acceptors (Lipinski definition) is 2. The van der Waals surface area contributed by atoms with Gasteiger partial charge in [0.25, 0.3) is 0 Å². The van der Waals surface area contributed by atoms with E-state index in [4.69, 9.17) is 17.3 Å². The molecule has 3 heteroatoms. The third-order valence-electron chi connectivity index (χ3n) is 3.81. The fourth-order valence-corrected chi connectivity index (χ4v) is 2.74. The predicted molar refractivity (Wildman–Crippen MR) is 73.4 cm³/mol. The molecule has 1 aliphatic rings. The quantitative estimate of drug-likeness (QED) is 0.893. The highest BCUT2D eigenvalue weighted by Crippen LogP contribution is 2.25. The van der Waals surface area contributed by atoms with Gasteiger partial charge in [0.1, 0.15) is 0 Å². The lowest BCUT2D eigenvalue weighted by atomic mass is 9.91. The summed E-state index contributed by atoms with van der Waals surface area (Å²) in [5.41, 5.74) is 7.40. The van der Waals surface area contributed by atoms with Gasteiger partial charge >= 0.3 is 0 Å². The van der Waals surface area contributed by atoms with Crippen LogP contribution < -0.4 is 5.73 Å². The third-order valence-corrected chi connectivity index (χ3v) is 4.06. The number of nitrogens with two attached hydrogens (primary N) is 1. The van der Waals surface area contributed by atoms with Gasteiger partial charge in [-0.05, 0) is 57.0 Å². The number of likely N-dealkylation sites (tertiary alicyclic amines) is 1. The number of benzene rings is 1. The van der Waals surface area contributed by atoms with Crippen LogP contribution in [0.4, 0.5) is 0 Å². The van der Waals surface area contributed by atoms with Crippen molar-refractivity contribution in [3.8, 4) is 0 Å². The fourth-order valence-electron chi connectivity index (χ4n) is 2.61. The van der Waals surface area contributed by atoms with Crippen LogP contribution in [-0.4, -0.2) is 30.1 Å². The second kappa shape index (κ2) is 5.38. The summed E-state index contributed by atoms with van der Waals surface area (Å²) < 4.78 is 0. The van der Waals surface area contributed by atoms with Crippen molar-refractivity contribution in [2.75, 3.05) is 19.6 Å². The zero-order valence-corrected chi connectivity index (χ0v) is 11.2. The maximum absolute atomic E-state index is 6.00. The molecule has 1 unspecified atom stereocenters. The lowest BCUT2D eigenvalue weighted by Gasteiger charge is -2.38. The smallest absolute Gasteiger partial charge is 0.0406 e. The van der Waals surface area contributed by atoms with E-state index < -0.39 is 0 Å². The highest BCUT2D eigenvalue weighted by molar-refractivity contribution is 6.30. The van der Waals surface area contributed by atoms with Gasteiger partial charge in [0, 0.05) is 17.1 Å². The van der Waals surface area contributed by atoms with Crippen LogP contribution in [-0.2, 0) is 6.42 Å². The summed E-state index contributed by atoms with van der Waals surface area (Å²) >= 11 is 5.91. The predicted octanol–water partition coefficient (Wildman–Crippen LogP) is 2.70. The maximum Gasteiger partial charge on any atom is 0.0406 e. The van der Waals surface area contributed by atoms with Gasteiger partial charge in [-0.25, -0.2) is 0 Å². The third kappa shape index (κ3) is 3.01. The molecule has 0 bridgehead atoms. The lowest BCUT2D eigenvalue weighted by molar-refractivity contribution is 0.143. The summed E-state index contributed by atoms with van der Waals surface area (Å²) in [6.45, 7) is 5.34. The van der Waals surface area contributed by atoms with Gasteiger partial charge in [-0.2, -0.15) is 0 Å². The highest BCUT2D eigenvalue weighted by Gasteiger charge is 2.32. The fraction of sp³-hybridized carbons (Fsp3) is 0.571. The van der Waals surface area contributed by atoms with Gasteiger partial charge < -0.3 is 5.73 Å². The van der Waals surface area contributed by atoms with E-state index in [0.29, 0.717) is 6.54 Å². The Morgan fingerprint density at radius 2 is 1.82 bits per heavy atom. The van der Waals surface area contributed by atoms with Crippen LogP contribution in [0.3, 0.4) is 0 Å². The van der Waals surface area contributed by atoms with Gasteiger partial charge in [0.05, 0.1) is 0 Å². The summed E-state index contributed by atoms with van der Waals surface area (Å²) in [6, 6.07) is 8.12. The summed E-state index contributed by atoms with van der Waals surface area (Å²) in [7, 11) is 0. The van der Waals surface area contributed by atoms with Crippen LogP contribution >= 0.6 is 11.6 Å². The minimum atomic E-state index is 0.0876. The van der Waals surface area contributed by atoms with Gasteiger partial charge in [0.2, 0.25) is 0 Å². The topological polar surface area (TPSA) is 29.3 Å². The zero-order valence-electron chi connectivity index (χ0n) is 10.5. The standard InChI is InChI=1S/C14H21ClN2/c1-14(11-16,17-8-2-3-9-17)10-12-4-6-13(15)7-5-12/h4-7H,2-3,8-11,16H2,1H3. The van der Waals surface area contributed by atoms with Crippen LogP contribution in [0, 0.1) is 0 Å². The van der Waals surface area contributed by atoms with Crippen LogP contribution in [0.5, 0.6) is 0 Å². The van der Waals surface area contributed by atoms with Crippen molar-refractivity contribution in [2.24, 2.45) is 5.73 Å². The molecule has 1 heterocycles. The van der Waals surface area contributed by atoms with Crippen molar-refractivity contribution in [1.82, 2.24) is 4.90 Å². The Morgan fingerprint density at radius 1 is 1.24 bits per heavy atom. The van der Waals surface area contributed by atoms with E-state index in [-0.39, 0.29) is 5.54 Å². The Hall–Kier alpha value is -0.570. The number of nitrogens with zero attached hydrogens (tertiary/aromatic N) is 1. The first-order valence-corrected chi connectivity index (χ1v) is 6.71. The minimum absolute atomic E-state index is 0.0876. The molecular weight excluding hydrogens is 232 g/mol. The van der Waals surface area contributed by atoms with Crippen molar-refractivity contribution in [3.05, 3.63) is 34.9 Å². The van der Waals surface area contributed by atoms with Gasteiger partial charge in [0.15, 0.2) is 0 Å². The summed E-state index contributed by atoms with van der Waals surface area (Å²) in [6.07, 6.45) is 3.60. The van der Waals surface area contributed by atoms with Crippen molar-refractivity contribution in [3.63, 3.8) is 0 Å². The molecular formula is C14H21ClN2. The van der Waals surface area contributed by atoms with Crippen molar-refractivity contribution in [2.45, 2.75) is 31.7 Å². The number of rotatable bonds is 4. The molecule has 0 radical (unpaired) electrons. The molecule has 17 heavy (non-hydrogen) atoms. The second-order valence-electron chi connectivity index (χ2n) is 5.20. The molecule has 0 amide bonds. The van der Waals surface area contributed by atoms with Gasteiger partial charge in [-0.15, -0.1) is 0 Å². The lowest BCUT2D eigenvalue weighted by Crippen LogP contribution is -2.51. The highest BCUT2D eigenvalue weighted by atomic mass is 35.5. The minimum Gasteiger partial charge on any atom is -0.329 e. The average molecular weight is 253 g/mol. The van der Waals surface area contributed by atoms with E-state index in [1.165, 1.54) is 31.5 Å². The molecule has 2 nitrogen and oxygen atoms in total. The van der Waals surface area contributed by atoms with Crippen molar-refractivity contribution < 1.29 is 0 Å². The Morgan fingerprint density at radius 3 is 2.35 bits per heavy atom. The molecule has 0 aromatic heterocycles. The van der Waals surface area contributed by atoms with Crippen molar-refractivity contribution >= 4 is 11.6 Å². The molecule has 1 aliphatic heterocycles. The van der Waals surface area contributed by atoms with E-state index in [2.05, 4.69) is 24.0 Å². The summed E-state index contributed by atoms with van der Waals surface area (Å²) in [5, 5.41) is 0.796. The molecule has 94 valence electrons. The Kier molecular flexibility index (Phi) is 4.08. The van der Waals surface area contributed by atoms with E-state index in [1.54, 1.807) is 0 Å². The molecule has 1 aromatic rings. The van der Waals surface area contributed by atoms with Gasteiger partial charge in [-0.3, -0.25) is 4.90 Å². The van der Waals surface area contributed by atoms with Crippen LogP contribution in [0.15, 0.2) is 24.3 Å². The molecule has 1 aromatic carbocycles. The number of hydrogen-bond donors (Lipinski definition) is 1. The molecule has 0 spiro atoms. The van der Waals surface area contributed by atoms with Crippen LogP contribution in [0.2, 0.25) is 5.02 Å². The first kappa shape index (κ1) is 12.9. The molecule has 2 rings (SSSR count).